The van der Waals surface area contributed by atoms with E-state index in [4.69, 9.17) is 9.47 Å². The fraction of sp³-hybridized carbons (Fsp3) is 0.922. The number of aliphatic hydroxyl groups excluding tert-OH is 1. The van der Waals surface area contributed by atoms with E-state index in [0.29, 0.717) is 12.8 Å². The molecular formula is C77H148O5. The highest BCUT2D eigenvalue weighted by Crippen LogP contribution is 2.20. The van der Waals surface area contributed by atoms with Gasteiger partial charge in [-0.15, -0.1) is 0 Å². The molecule has 5 heteroatoms. The van der Waals surface area contributed by atoms with Crippen molar-refractivity contribution in [1.82, 2.24) is 0 Å². The number of hydrogen-bond donors (Lipinski definition) is 1. The number of ether oxygens (including phenoxy) is 2. The lowest BCUT2D eigenvalue weighted by Gasteiger charge is -2.15. The first-order valence-electron chi connectivity index (χ1n) is 37.9. The van der Waals surface area contributed by atoms with Gasteiger partial charge in [0.05, 0.1) is 6.61 Å². The van der Waals surface area contributed by atoms with E-state index >= 15 is 0 Å². The van der Waals surface area contributed by atoms with Crippen LogP contribution < -0.4 is 0 Å². The van der Waals surface area contributed by atoms with Gasteiger partial charge in [0.2, 0.25) is 0 Å². The molecule has 1 atom stereocenters. The van der Waals surface area contributed by atoms with Gasteiger partial charge in [-0.05, 0) is 64.2 Å². The summed E-state index contributed by atoms with van der Waals surface area (Å²) in [5.41, 5.74) is 0. The smallest absolute Gasteiger partial charge is 0.306 e. The van der Waals surface area contributed by atoms with Gasteiger partial charge in [-0.1, -0.05) is 385 Å². The molecule has 1 N–H and O–H groups in total. The number of hydrogen-bond acceptors (Lipinski definition) is 5. The second-order valence-electron chi connectivity index (χ2n) is 26.1. The van der Waals surface area contributed by atoms with Crippen molar-refractivity contribution >= 4 is 11.9 Å². The molecule has 0 amide bonds. The van der Waals surface area contributed by atoms with Crippen molar-refractivity contribution in [2.75, 3.05) is 13.2 Å². The molecule has 0 aromatic rings. The van der Waals surface area contributed by atoms with Crippen molar-refractivity contribution in [2.45, 2.75) is 444 Å². The molecule has 0 aliphatic rings. The van der Waals surface area contributed by atoms with E-state index in [2.05, 4.69) is 38.2 Å². The third-order valence-electron chi connectivity index (χ3n) is 17.7. The normalized spacial score (nSPS) is 12.2. The maximum absolute atomic E-state index is 12.4. The molecule has 0 radical (unpaired) electrons. The number of unbranched alkanes of at least 4 members (excludes halogenated alkanes) is 60. The highest BCUT2D eigenvalue weighted by Gasteiger charge is 2.16. The zero-order valence-electron chi connectivity index (χ0n) is 56.1. The molecule has 0 aliphatic carbocycles. The molecule has 0 aromatic heterocycles. The number of rotatable bonds is 72. The van der Waals surface area contributed by atoms with Crippen LogP contribution in [0.1, 0.15) is 438 Å². The predicted octanol–water partition coefficient (Wildman–Crippen LogP) is 26.3. The minimum Gasteiger partial charge on any atom is -0.462 e. The van der Waals surface area contributed by atoms with Gasteiger partial charge >= 0.3 is 11.9 Å². The van der Waals surface area contributed by atoms with E-state index < -0.39 is 6.10 Å². The molecule has 0 fully saturated rings. The van der Waals surface area contributed by atoms with Gasteiger partial charge in [0.1, 0.15) is 6.61 Å². The zero-order valence-corrected chi connectivity index (χ0v) is 56.1. The zero-order chi connectivity index (χ0) is 59.1. The van der Waals surface area contributed by atoms with Crippen molar-refractivity contribution in [3.8, 4) is 0 Å². The van der Waals surface area contributed by atoms with E-state index in [1.807, 2.05) is 0 Å². The summed E-state index contributed by atoms with van der Waals surface area (Å²) < 4.78 is 10.8. The van der Waals surface area contributed by atoms with Crippen LogP contribution >= 0.6 is 0 Å². The standard InChI is InChI=1S/C77H148O5/c1-3-5-7-9-11-13-15-17-19-21-23-25-27-29-31-33-35-36-37-38-39-40-42-44-46-48-50-52-54-56-58-60-62-64-66-68-70-72-77(80)82-75(73-78)74-81-76(79)71-69-67-65-63-61-59-57-55-53-51-49-47-45-43-41-34-32-30-28-26-24-22-20-18-16-14-12-10-8-6-4-2/h21-24,75,78H,3-20,25-74H2,1-2H3/b23-21-,24-22-. The van der Waals surface area contributed by atoms with Crippen LogP contribution in [-0.4, -0.2) is 36.4 Å². The van der Waals surface area contributed by atoms with Gasteiger partial charge in [0, 0.05) is 12.8 Å². The summed E-state index contributed by atoms with van der Waals surface area (Å²) in [5.74, 6) is -0.561. The van der Waals surface area contributed by atoms with Crippen molar-refractivity contribution in [2.24, 2.45) is 0 Å². The Hall–Kier alpha value is -1.62. The van der Waals surface area contributed by atoms with E-state index in [9.17, 15) is 14.7 Å². The van der Waals surface area contributed by atoms with Crippen molar-refractivity contribution in [1.29, 1.82) is 0 Å². The average molecular weight is 1150 g/mol. The van der Waals surface area contributed by atoms with Crippen LogP contribution in [0.4, 0.5) is 0 Å². The van der Waals surface area contributed by atoms with Crippen molar-refractivity contribution in [3.05, 3.63) is 24.3 Å². The molecule has 0 bridgehead atoms. The van der Waals surface area contributed by atoms with Crippen LogP contribution in [0.25, 0.3) is 0 Å². The van der Waals surface area contributed by atoms with Gasteiger partial charge in [-0.2, -0.15) is 0 Å². The van der Waals surface area contributed by atoms with Gasteiger partial charge < -0.3 is 14.6 Å². The maximum Gasteiger partial charge on any atom is 0.306 e. The van der Waals surface area contributed by atoms with Crippen LogP contribution in [0.15, 0.2) is 24.3 Å². The van der Waals surface area contributed by atoms with Crippen LogP contribution in [0, 0.1) is 0 Å². The minimum atomic E-state index is -0.769. The summed E-state index contributed by atoms with van der Waals surface area (Å²) in [6, 6.07) is 0. The molecule has 1 unspecified atom stereocenters. The van der Waals surface area contributed by atoms with Crippen molar-refractivity contribution in [3.63, 3.8) is 0 Å². The predicted molar refractivity (Wildman–Crippen MR) is 362 cm³/mol. The number of esters is 2. The molecular weight excluding hydrogens is 1000 g/mol. The quantitative estimate of drug-likeness (QED) is 0.0373. The van der Waals surface area contributed by atoms with Crippen LogP contribution in [-0.2, 0) is 19.1 Å². The first-order chi connectivity index (χ1) is 40.6. The number of carbonyl (C=O) groups excluding carboxylic acids is 2. The highest BCUT2D eigenvalue weighted by molar-refractivity contribution is 5.70. The van der Waals surface area contributed by atoms with E-state index in [-0.39, 0.29) is 25.2 Å². The number of allylic oxidation sites excluding steroid dienone is 4. The Morgan fingerprint density at radius 3 is 0.659 bits per heavy atom. The molecule has 0 saturated carbocycles. The molecule has 0 aromatic carbocycles. The SMILES string of the molecule is CCCCCCCCCC/C=C\CCCCCCCCCCCCCCCCCCCCCCCCCCCC(=O)OC(CO)COC(=O)CCCCCCCCCCCCCCCCCCCCC/C=C\CCCCCCCCCC. The lowest BCUT2D eigenvalue weighted by molar-refractivity contribution is -0.161. The Labute approximate surface area is 514 Å². The largest absolute Gasteiger partial charge is 0.462 e. The molecule has 5 nitrogen and oxygen atoms in total. The Balaban J connectivity index is 3.36. The minimum absolute atomic E-state index is 0.0576. The fourth-order valence-electron chi connectivity index (χ4n) is 12.0. The Kier molecular flexibility index (Phi) is 72.2. The highest BCUT2D eigenvalue weighted by atomic mass is 16.6. The lowest BCUT2D eigenvalue weighted by atomic mass is 10.0. The maximum atomic E-state index is 12.4. The molecule has 486 valence electrons. The Morgan fingerprint density at radius 2 is 0.451 bits per heavy atom. The van der Waals surface area contributed by atoms with Crippen LogP contribution in [0.2, 0.25) is 0 Å². The van der Waals surface area contributed by atoms with Crippen molar-refractivity contribution < 1.29 is 24.2 Å². The second kappa shape index (κ2) is 73.6. The molecule has 82 heavy (non-hydrogen) atoms. The molecule has 0 saturated heterocycles. The van der Waals surface area contributed by atoms with Gasteiger partial charge in [-0.25, -0.2) is 0 Å². The topological polar surface area (TPSA) is 72.8 Å². The Morgan fingerprint density at radius 1 is 0.268 bits per heavy atom. The number of carbonyl (C=O) groups is 2. The summed E-state index contributed by atoms with van der Waals surface area (Å²) in [6.45, 7) is 4.21. The first-order valence-corrected chi connectivity index (χ1v) is 37.9. The molecule has 0 spiro atoms. The molecule has 0 heterocycles. The summed E-state index contributed by atoms with van der Waals surface area (Å²) in [7, 11) is 0. The third kappa shape index (κ3) is 70.9. The van der Waals surface area contributed by atoms with E-state index in [1.54, 1.807) is 0 Å². The third-order valence-corrected chi connectivity index (χ3v) is 17.7. The average Bonchev–Trinajstić information content (AvgIpc) is 3.49. The molecule has 0 rings (SSSR count). The lowest BCUT2D eigenvalue weighted by Crippen LogP contribution is -2.28. The summed E-state index contributed by atoms with van der Waals surface area (Å²) in [4.78, 5) is 24.7. The summed E-state index contributed by atoms with van der Waals surface area (Å²) in [5, 5.41) is 9.72. The van der Waals surface area contributed by atoms with Gasteiger partial charge in [0.25, 0.3) is 0 Å². The fourth-order valence-corrected chi connectivity index (χ4v) is 12.0. The number of aliphatic hydroxyl groups is 1. The molecule has 0 aliphatic heterocycles. The van der Waals surface area contributed by atoms with Gasteiger partial charge in [-0.3, -0.25) is 9.59 Å². The van der Waals surface area contributed by atoms with Crippen LogP contribution in [0.3, 0.4) is 0 Å². The Bertz CT molecular complexity index is 1260. The van der Waals surface area contributed by atoms with Gasteiger partial charge in [0.15, 0.2) is 6.10 Å². The summed E-state index contributed by atoms with van der Waals surface area (Å²) >= 11 is 0. The monoisotopic (exact) mass is 1150 g/mol. The van der Waals surface area contributed by atoms with Crippen LogP contribution in [0.5, 0.6) is 0 Å². The first kappa shape index (κ1) is 80.4. The van der Waals surface area contributed by atoms with E-state index in [0.717, 1.165) is 32.1 Å². The van der Waals surface area contributed by atoms with E-state index in [1.165, 1.54) is 379 Å². The summed E-state index contributed by atoms with van der Waals surface area (Å²) in [6.07, 6.45) is 96.8. The second-order valence-corrected chi connectivity index (χ2v) is 26.1.